The average Bonchev–Trinajstić information content (AvgIpc) is 3.22. The van der Waals surface area contributed by atoms with Crippen LogP contribution in [0.4, 0.5) is 35.9 Å². The summed E-state index contributed by atoms with van der Waals surface area (Å²) >= 11 is 0. The molecule has 0 spiro atoms. The lowest BCUT2D eigenvalue weighted by atomic mass is 9.85. The van der Waals surface area contributed by atoms with Crippen molar-refractivity contribution in [2.75, 3.05) is 39.4 Å². The van der Waals surface area contributed by atoms with Crippen LogP contribution < -0.4 is 25.4 Å². The van der Waals surface area contributed by atoms with Crippen LogP contribution in [0, 0.1) is 0 Å². The quantitative estimate of drug-likeness (QED) is 0.211. The molecule has 366 valence electrons. The number of alkyl halides is 6. The van der Waals surface area contributed by atoms with Crippen molar-refractivity contribution in [1.82, 2.24) is 20.9 Å². The number of rotatable bonds is 9. The molecule has 0 radical (unpaired) electrons. The van der Waals surface area contributed by atoms with Gasteiger partial charge in [-0.3, -0.25) is 4.79 Å². The van der Waals surface area contributed by atoms with Gasteiger partial charge in [0.2, 0.25) is 0 Å². The minimum Gasteiger partial charge on any atom is -0.484 e. The molecule has 2 heterocycles. The van der Waals surface area contributed by atoms with Gasteiger partial charge in [0, 0.05) is 31.0 Å². The molecular formula is C48H70F6N4O7. The van der Waals surface area contributed by atoms with Crippen molar-refractivity contribution < 1.29 is 59.7 Å². The zero-order valence-corrected chi connectivity index (χ0v) is 38.8. The Morgan fingerprint density at radius 3 is 1.42 bits per heavy atom. The van der Waals surface area contributed by atoms with Crippen LogP contribution in [0.3, 0.4) is 0 Å². The van der Waals surface area contributed by atoms with Crippen molar-refractivity contribution in [2.24, 2.45) is 0 Å². The molecule has 2 aromatic carbocycles. The van der Waals surface area contributed by atoms with E-state index in [9.17, 15) is 40.7 Å². The van der Waals surface area contributed by atoms with Crippen LogP contribution in [-0.4, -0.2) is 104 Å². The number of carbonyl (C=O) groups excluding carboxylic acids is 3. The Balaban J connectivity index is 0.000000236. The van der Waals surface area contributed by atoms with Crippen LogP contribution in [0.1, 0.15) is 142 Å². The number of likely N-dealkylation sites (tertiary alicyclic amines) is 1. The largest absolute Gasteiger partial charge is 0.484 e. The van der Waals surface area contributed by atoms with E-state index in [1.165, 1.54) is 0 Å². The molecule has 2 aromatic rings. The van der Waals surface area contributed by atoms with Gasteiger partial charge in [0.1, 0.15) is 28.5 Å². The summed E-state index contributed by atoms with van der Waals surface area (Å²) in [5.74, 6) is 1.49. The van der Waals surface area contributed by atoms with Crippen LogP contribution in [-0.2, 0) is 14.3 Å². The topological polar surface area (TPSA) is 127 Å². The molecule has 3 N–H and O–H groups in total. The lowest BCUT2D eigenvalue weighted by molar-refractivity contribution is -0.154. The number of alkyl carbamates (subject to hydrolysis) is 2. The van der Waals surface area contributed by atoms with Crippen LogP contribution in [0.15, 0.2) is 48.5 Å². The molecule has 4 fully saturated rings. The highest BCUT2D eigenvalue weighted by Crippen LogP contribution is 2.37. The molecule has 2 amide bonds. The summed E-state index contributed by atoms with van der Waals surface area (Å²) in [5.41, 5.74) is 0.807. The van der Waals surface area contributed by atoms with Crippen LogP contribution in [0.25, 0.3) is 0 Å². The van der Waals surface area contributed by atoms with Crippen molar-refractivity contribution in [3.63, 3.8) is 0 Å². The molecule has 2 saturated carbocycles. The van der Waals surface area contributed by atoms with Gasteiger partial charge in [-0.2, -0.15) is 26.3 Å². The first kappa shape index (κ1) is 53.4. The first-order valence-corrected chi connectivity index (χ1v) is 23.0. The highest BCUT2D eigenvalue weighted by atomic mass is 19.4. The molecule has 17 heteroatoms. The lowest BCUT2D eigenvalue weighted by Crippen LogP contribution is -2.47. The number of ketones is 1. The molecule has 0 bridgehead atoms. The number of nitrogens with one attached hydrogen (secondary N) is 3. The first-order valence-electron chi connectivity index (χ1n) is 23.0. The fourth-order valence-electron chi connectivity index (χ4n) is 8.54. The normalized spacial score (nSPS) is 20.8. The number of hydrogen-bond donors (Lipinski definition) is 3. The van der Waals surface area contributed by atoms with E-state index < -0.39 is 36.8 Å². The predicted octanol–water partition coefficient (Wildman–Crippen LogP) is 10.8. The van der Waals surface area contributed by atoms with Gasteiger partial charge in [-0.15, -0.1) is 0 Å². The summed E-state index contributed by atoms with van der Waals surface area (Å²) < 4.78 is 94.8. The summed E-state index contributed by atoms with van der Waals surface area (Å²) in [7, 11) is 0. The molecule has 11 nitrogen and oxygen atoms in total. The van der Waals surface area contributed by atoms with Gasteiger partial charge in [-0.25, -0.2) is 9.59 Å². The molecule has 2 aliphatic heterocycles. The van der Waals surface area contributed by atoms with Crippen molar-refractivity contribution in [2.45, 2.75) is 172 Å². The number of nitrogens with zero attached hydrogens (tertiary/aromatic N) is 1. The van der Waals surface area contributed by atoms with E-state index in [2.05, 4.69) is 20.9 Å². The second kappa shape index (κ2) is 24.5. The van der Waals surface area contributed by atoms with Crippen LogP contribution >= 0.6 is 0 Å². The van der Waals surface area contributed by atoms with Gasteiger partial charge in [-0.05, 0) is 167 Å². The molecule has 0 unspecified atom stereocenters. The Morgan fingerprint density at radius 1 is 0.600 bits per heavy atom. The fraction of sp³-hybridized carbons (Fsp3) is 0.688. The van der Waals surface area contributed by atoms with E-state index in [-0.39, 0.29) is 41.9 Å². The predicted molar refractivity (Wildman–Crippen MR) is 236 cm³/mol. The molecule has 6 rings (SSSR count). The zero-order valence-electron chi connectivity index (χ0n) is 38.8. The standard InChI is InChI=1S/C24H35F3N2O3.C13H16F3NO.C11H19NO3/c1-23(2,3)32-22(30)28-18-8-10-19(11-9-18)29-14-12-17(13-15-29)20-6-4-5-7-21(20)31-16-24(25,26)27;14-13(15,16)9-18-12-4-2-1-3-11(12)10-5-7-17-8-6-10;1-11(2,3)15-10(14)12-8-4-6-9(13)7-5-8/h4-7,17-19H,8-16H2,1-3H3,(H,28,30);1-4,10,17H,5-9H2;8H,4-7H2,1-3H3,(H,12,14). The number of benzene rings is 2. The Labute approximate surface area is 380 Å². The zero-order chi connectivity index (χ0) is 47.8. The van der Waals surface area contributed by atoms with Gasteiger partial charge in [0.05, 0.1) is 0 Å². The molecule has 65 heavy (non-hydrogen) atoms. The van der Waals surface area contributed by atoms with Crippen molar-refractivity contribution in [3.8, 4) is 11.5 Å². The second-order valence-electron chi connectivity index (χ2n) is 19.3. The smallest absolute Gasteiger partial charge is 0.422 e. The fourth-order valence-corrected chi connectivity index (χ4v) is 8.54. The summed E-state index contributed by atoms with van der Waals surface area (Å²) in [6, 6.07) is 14.9. The van der Waals surface area contributed by atoms with Gasteiger partial charge in [0.25, 0.3) is 0 Å². The Kier molecular flexibility index (Phi) is 20.1. The van der Waals surface area contributed by atoms with Crippen LogP contribution in [0.2, 0.25) is 0 Å². The minimum atomic E-state index is -4.34. The highest BCUT2D eigenvalue weighted by Gasteiger charge is 2.33. The number of amides is 2. The van der Waals surface area contributed by atoms with Gasteiger partial charge >= 0.3 is 24.5 Å². The van der Waals surface area contributed by atoms with E-state index >= 15 is 0 Å². The molecule has 2 saturated heterocycles. The monoisotopic (exact) mass is 929 g/mol. The van der Waals surface area contributed by atoms with Crippen molar-refractivity contribution in [1.29, 1.82) is 0 Å². The number of piperidine rings is 2. The third-order valence-corrected chi connectivity index (χ3v) is 11.6. The number of halogens is 6. The maximum Gasteiger partial charge on any atom is 0.422 e. The number of ether oxygens (including phenoxy) is 4. The molecule has 0 aromatic heterocycles. The van der Waals surface area contributed by atoms with E-state index in [0.29, 0.717) is 30.4 Å². The van der Waals surface area contributed by atoms with Gasteiger partial charge in [0.15, 0.2) is 13.2 Å². The third kappa shape index (κ3) is 20.9. The molecule has 0 atom stereocenters. The van der Waals surface area contributed by atoms with E-state index in [1.807, 2.05) is 65.8 Å². The number of carbonyl (C=O) groups is 3. The Bertz CT molecular complexity index is 1770. The number of para-hydroxylation sites is 2. The van der Waals surface area contributed by atoms with E-state index in [1.54, 1.807) is 24.3 Å². The average molecular weight is 929 g/mol. The van der Waals surface area contributed by atoms with Crippen molar-refractivity contribution >= 4 is 18.0 Å². The van der Waals surface area contributed by atoms with Crippen molar-refractivity contribution in [3.05, 3.63) is 59.7 Å². The summed E-state index contributed by atoms with van der Waals surface area (Å²) in [6.45, 7) is 12.2. The summed E-state index contributed by atoms with van der Waals surface area (Å²) in [5, 5.41) is 9.00. The molecule has 4 aliphatic rings. The molecule has 2 aliphatic carbocycles. The Morgan fingerprint density at radius 2 is 1.00 bits per heavy atom. The second-order valence-corrected chi connectivity index (χ2v) is 19.3. The maximum absolute atomic E-state index is 12.6. The lowest BCUT2D eigenvalue weighted by Gasteiger charge is -2.41. The Hall–Kier alpha value is -4.25. The SMILES string of the molecule is CC(C)(C)OC(=O)NC1CCC(=O)CC1.CC(C)(C)OC(=O)NC1CCC(N2CCC(c3ccccc3OCC(F)(F)F)CC2)CC1.FC(F)(F)COc1ccccc1C1CCNCC1. The van der Waals surface area contributed by atoms with Crippen LogP contribution in [0.5, 0.6) is 11.5 Å². The van der Waals surface area contributed by atoms with Gasteiger partial charge in [-0.1, -0.05) is 36.4 Å². The summed E-state index contributed by atoms with van der Waals surface area (Å²) in [4.78, 5) is 36.9. The highest BCUT2D eigenvalue weighted by molar-refractivity contribution is 5.79. The van der Waals surface area contributed by atoms with Gasteiger partial charge < -0.3 is 39.8 Å². The first-order chi connectivity index (χ1) is 30.4. The van der Waals surface area contributed by atoms with E-state index in [4.69, 9.17) is 18.9 Å². The number of Topliss-reactive ketones (excluding diaryl/α,β-unsaturated/α-hetero) is 1. The molecular weight excluding hydrogens is 859 g/mol. The minimum absolute atomic E-state index is 0.0950. The third-order valence-electron chi connectivity index (χ3n) is 11.6. The number of hydrogen-bond acceptors (Lipinski definition) is 9. The van der Waals surface area contributed by atoms with E-state index in [0.717, 1.165) is 102 Å². The maximum atomic E-state index is 12.6. The summed E-state index contributed by atoms with van der Waals surface area (Å²) in [6.07, 6.45) is 0.827.